The molecule has 0 bridgehead atoms. The normalized spacial score (nSPS) is 18.6. The van der Waals surface area contributed by atoms with Gasteiger partial charge in [0.05, 0.1) is 11.8 Å². The van der Waals surface area contributed by atoms with Crippen molar-refractivity contribution in [1.29, 1.82) is 0 Å². The van der Waals surface area contributed by atoms with Crippen LogP contribution in [-0.2, 0) is 6.42 Å². The average molecular weight is 383 g/mol. The van der Waals surface area contributed by atoms with Crippen molar-refractivity contribution in [2.24, 2.45) is 0 Å². The molecular formula is C15H13Br2NO. The quantitative estimate of drug-likeness (QED) is 0.854. The second kappa shape index (κ2) is 5.35. The van der Waals surface area contributed by atoms with Crippen LogP contribution in [0, 0.1) is 0 Å². The topological polar surface area (TPSA) is 33.1 Å². The molecule has 0 saturated carbocycles. The summed E-state index contributed by atoms with van der Waals surface area (Å²) in [5, 5.41) is 10.3. The molecule has 1 aromatic carbocycles. The van der Waals surface area contributed by atoms with Crippen LogP contribution in [0.2, 0.25) is 0 Å². The first kappa shape index (κ1) is 13.3. The molecule has 0 amide bonds. The highest BCUT2D eigenvalue weighted by Gasteiger charge is 2.28. The summed E-state index contributed by atoms with van der Waals surface area (Å²) in [5.41, 5.74) is 3.49. The number of fused-ring (bicyclic) bond motifs is 1. The smallest absolute Gasteiger partial charge is 0.0977 e. The maximum atomic E-state index is 10.3. The molecule has 1 aliphatic rings. The van der Waals surface area contributed by atoms with E-state index in [1.54, 1.807) is 6.20 Å². The van der Waals surface area contributed by atoms with E-state index in [1.807, 2.05) is 6.07 Å². The minimum atomic E-state index is -0.527. The van der Waals surface area contributed by atoms with Crippen LogP contribution in [0.4, 0.5) is 0 Å². The Morgan fingerprint density at radius 2 is 2.11 bits per heavy atom. The summed E-state index contributed by atoms with van der Waals surface area (Å²) >= 11 is 6.83. The summed E-state index contributed by atoms with van der Waals surface area (Å²) in [5.74, 6) is 0.448. The minimum absolute atomic E-state index is 0.448. The Kier molecular flexibility index (Phi) is 3.74. The first-order valence-corrected chi connectivity index (χ1v) is 7.80. The Labute approximate surface area is 129 Å². The van der Waals surface area contributed by atoms with Crippen LogP contribution in [0.3, 0.4) is 0 Å². The standard InChI is InChI=1S/C15H13Br2NO/c16-11-7-13(17)15(18-8-11)14(19)6-10-5-9-3-1-2-4-12(9)10/h1-4,7-8,10,14,19H,5-6H2. The third-order valence-corrected chi connectivity index (χ3v) is 4.69. The van der Waals surface area contributed by atoms with Gasteiger partial charge < -0.3 is 5.11 Å². The van der Waals surface area contributed by atoms with Gasteiger partial charge in [-0.2, -0.15) is 0 Å². The lowest BCUT2D eigenvalue weighted by atomic mass is 9.74. The van der Waals surface area contributed by atoms with Gasteiger partial charge in [0.15, 0.2) is 0 Å². The van der Waals surface area contributed by atoms with Gasteiger partial charge in [0.25, 0.3) is 0 Å². The summed E-state index contributed by atoms with van der Waals surface area (Å²) in [4.78, 5) is 4.30. The monoisotopic (exact) mass is 381 g/mol. The van der Waals surface area contributed by atoms with Gasteiger partial charge in [-0.05, 0) is 67.8 Å². The second-order valence-electron chi connectivity index (χ2n) is 4.87. The number of hydrogen-bond donors (Lipinski definition) is 1. The SMILES string of the molecule is OC(CC1Cc2ccccc21)c1ncc(Br)cc1Br. The molecule has 1 aromatic heterocycles. The zero-order chi connectivity index (χ0) is 13.4. The Bertz CT molecular complexity index is 615. The third kappa shape index (κ3) is 2.62. The van der Waals surface area contributed by atoms with Crippen molar-refractivity contribution in [2.45, 2.75) is 24.9 Å². The minimum Gasteiger partial charge on any atom is -0.387 e. The number of aliphatic hydroxyl groups is 1. The number of nitrogens with zero attached hydrogens (tertiary/aromatic N) is 1. The van der Waals surface area contributed by atoms with E-state index in [-0.39, 0.29) is 0 Å². The first-order chi connectivity index (χ1) is 9.15. The predicted molar refractivity (Wildman–Crippen MR) is 82.1 cm³/mol. The van der Waals surface area contributed by atoms with Gasteiger partial charge in [-0.15, -0.1) is 0 Å². The molecule has 0 radical (unpaired) electrons. The van der Waals surface area contributed by atoms with Crippen LogP contribution in [0.15, 0.2) is 45.5 Å². The van der Waals surface area contributed by atoms with Gasteiger partial charge in [-0.1, -0.05) is 24.3 Å². The van der Waals surface area contributed by atoms with Gasteiger partial charge in [0.2, 0.25) is 0 Å². The molecule has 0 saturated heterocycles. The van der Waals surface area contributed by atoms with Crippen LogP contribution >= 0.6 is 31.9 Å². The van der Waals surface area contributed by atoms with E-state index in [4.69, 9.17) is 0 Å². The maximum Gasteiger partial charge on any atom is 0.0977 e. The van der Waals surface area contributed by atoms with E-state index in [0.717, 1.165) is 21.8 Å². The number of benzene rings is 1. The third-order valence-electron chi connectivity index (χ3n) is 3.62. The largest absolute Gasteiger partial charge is 0.387 e. The zero-order valence-corrected chi connectivity index (χ0v) is 13.4. The number of pyridine rings is 1. The molecule has 2 unspecified atom stereocenters. The zero-order valence-electron chi connectivity index (χ0n) is 10.2. The molecule has 3 rings (SSSR count). The van der Waals surface area contributed by atoms with Crippen molar-refractivity contribution in [3.8, 4) is 0 Å². The van der Waals surface area contributed by atoms with E-state index in [2.05, 4.69) is 61.1 Å². The highest BCUT2D eigenvalue weighted by atomic mass is 79.9. The highest BCUT2D eigenvalue weighted by Crippen LogP contribution is 2.41. The fourth-order valence-corrected chi connectivity index (χ4v) is 3.88. The van der Waals surface area contributed by atoms with Crippen molar-refractivity contribution in [2.75, 3.05) is 0 Å². The molecule has 2 atom stereocenters. The summed E-state index contributed by atoms with van der Waals surface area (Å²) in [6.45, 7) is 0. The number of halogens is 2. The van der Waals surface area contributed by atoms with Crippen LogP contribution in [-0.4, -0.2) is 10.1 Å². The van der Waals surface area contributed by atoms with E-state index >= 15 is 0 Å². The summed E-state index contributed by atoms with van der Waals surface area (Å²) in [6, 6.07) is 10.4. The molecule has 0 aliphatic heterocycles. The van der Waals surface area contributed by atoms with Crippen LogP contribution in [0.25, 0.3) is 0 Å². The molecule has 2 nitrogen and oxygen atoms in total. The molecule has 1 N–H and O–H groups in total. The Hall–Kier alpha value is -0.710. The molecule has 2 aromatic rings. The number of rotatable bonds is 3. The molecule has 19 heavy (non-hydrogen) atoms. The fourth-order valence-electron chi connectivity index (χ4n) is 2.62. The highest BCUT2D eigenvalue weighted by molar-refractivity contribution is 9.11. The fraction of sp³-hybridized carbons (Fsp3) is 0.267. The molecule has 98 valence electrons. The van der Waals surface area contributed by atoms with Crippen molar-refractivity contribution < 1.29 is 5.11 Å². The van der Waals surface area contributed by atoms with Gasteiger partial charge in [-0.3, -0.25) is 4.98 Å². The second-order valence-corrected chi connectivity index (χ2v) is 6.64. The van der Waals surface area contributed by atoms with E-state index in [1.165, 1.54) is 11.1 Å². The first-order valence-electron chi connectivity index (χ1n) is 6.22. The van der Waals surface area contributed by atoms with Gasteiger partial charge >= 0.3 is 0 Å². The van der Waals surface area contributed by atoms with E-state index in [9.17, 15) is 5.11 Å². The Morgan fingerprint density at radius 3 is 2.84 bits per heavy atom. The number of aliphatic hydroxyl groups excluding tert-OH is 1. The van der Waals surface area contributed by atoms with Crippen molar-refractivity contribution in [3.05, 3.63) is 62.3 Å². The summed E-state index contributed by atoms with van der Waals surface area (Å²) < 4.78 is 1.76. The summed E-state index contributed by atoms with van der Waals surface area (Å²) in [6.07, 6.45) is 2.98. The Morgan fingerprint density at radius 1 is 1.32 bits per heavy atom. The van der Waals surface area contributed by atoms with E-state index in [0.29, 0.717) is 11.6 Å². The lowest BCUT2D eigenvalue weighted by Gasteiger charge is -2.31. The van der Waals surface area contributed by atoms with Crippen molar-refractivity contribution in [1.82, 2.24) is 4.98 Å². The number of hydrogen-bond acceptors (Lipinski definition) is 2. The summed E-state index contributed by atoms with van der Waals surface area (Å²) in [7, 11) is 0. The molecular weight excluding hydrogens is 370 g/mol. The van der Waals surface area contributed by atoms with Crippen molar-refractivity contribution >= 4 is 31.9 Å². The molecule has 0 spiro atoms. The van der Waals surface area contributed by atoms with Gasteiger partial charge in [0.1, 0.15) is 0 Å². The van der Waals surface area contributed by atoms with Crippen LogP contribution < -0.4 is 0 Å². The average Bonchev–Trinajstić information content (AvgIpc) is 2.35. The lowest BCUT2D eigenvalue weighted by molar-refractivity contribution is 0.148. The molecule has 0 fully saturated rings. The lowest BCUT2D eigenvalue weighted by Crippen LogP contribution is -2.19. The van der Waals surface area contributed by atoms with Crippen LogP contribution in [0.5, 0.6) is 0 Å². The van der Waals surface area contributed by atoms with Gasteiger partial charge in [0, 0.05) is 15.1 Å². The van der Waals surface area contributed by atoms with E-state index < -0.39 is 6.10 Å². The van der Waals surface area contributed by atoms with Crippen LogP contribution in [0.1, 0.15) is 35.3 Å². The Balaban J connectivity index is 1.75. The predicted octanol–water partition coefficient (Wildman–Crippen LogP) is 4.37. The van der Waals surface area contributed by atoms with Gasteiger partial charge in [-0.25, -0.2) is 0 Å². The molecule has 1 heterocycles. The molecule has 1 aliphatic carbocycles. The maximum absolute atomic E-state index is 10.3. The van der Waals surface area contributed by atoms with Crippen molar-refractivity contribution in [3.63, 3.8) is 0 Å². The number of aromatic nitrogens is 1. The molecule has 4 heteroatoms.